The fourth-order valence-corrected chi connectivity index (χ4v) is 2.71. The first-order chi connectivity index (χ1) is 11.7. The Morgan fingerprint density at radius 3 is 2.92 bits per heavy atom. The van der Waals surface area contributed by atoms with E-state index in [9.17, 15) is 5.11 Å². The second-order valence-electron chi connectivity index (χ2n) is 4.94. The number of pyridine rings is 1. The maximum Gasteiger partial charge on any atom is 0.203 e. The molecule has 3 aromatic rings. The number of phenols is 1. The van der Waals surface area contributed by atoms with Crippen LogP contribution >= 0.6 is 11.3 Å². The third kappa shape index (κ3) is 3.52. The Hall–Kier alpha value is -2.93. The first-order valence-electron chi connectivity index (χ1n) is 7.22. The number of anilines is 1. The fraction of sp³-hybridized carbons (Fsp3) is 0.118. The normalized spacial score (nSPS) is 11.3. The SMILES string of the molecule is COc1ccc(O)c(-c2csc(N/N=C(\C)c3ccccn3)n2)c1. The summed E-state index contributed by atoms with van der Waals surface area (Å²) in [5.74, 6) is 0.815. The van der Waals surface area contributed by atoms with E-state index < -0.39 is 0 Å². The zero-order valence-electron chi connectivity index (χ0n) is 13.2. The van der Waals surface area contributed by atoms with Gasteiger partial charge in [0.25, 0.3) is 0 Å². The summed E-state index contributed by atoms with van der Waals surface area (Å²) in [6.07, 6.45) is 1.72. The number of hydrogen-bond donors (Lipinski definition) is 2. The molecule has 3 rings (SSSR count). The molecule has 2 heterocycles. The Balaban J connectivity index is 1.79. The number of hydrazone groups is 1. The Labute approximate surface area is 143 Å². The summed E-state index contributed by atoms with van der Waals surface area (Å²) in [4.78, 5) is 8.69. The smallest absolute Gasteiger partial charge is 0.203 e. The quantitative estimate of drug-likeness (QED) is 0.546. The van der Waals surface area contributed by atoms with Gasteiger partial charge in [-0.05, 0) is 37.3 Å². The number of benzene rings is 1. The lowest BCUT2D eigenvalue weighted by atomic mass is 10.1. The lowest BCUT2D eigenvalue weighted by molar-refractivity contribution is 0.412. The number of phenolic OH excluding ortho intramolecular Hbond substituents is 1. The highest BCUT2D eigenvalue weighted by Gasteiger charge is 2.10. The molecule has 0 bridgehead atoms. The van der Waals surface area contributed by atoms with Crippen LogP contribution in [0, 0.1) is 0 Å². The lowest BCUT2D eigenvalue weighted by Gasteiger charge is -2.04. The molecule has 2 N–H and O–H groups in total. The van der Waals surface area contributed by atoms with Crippen LogP contribution in [0.15, 0.2) is 53.1 Å². The molecule has 0 spiro atoms. The molecule has 0 atom stereocenters. The summed E-state index contributed by atoms with van der Waals surface area (Å²) in [7, 11) is 1.58. The minimum atomic E-state index is 0.154. The highest BCUT2D eigenvalue weighted by atomic mass is 32.1. The molecule has 0 aliphatic rings. The topological polar surface area (TPSA) is 79.6 Å². The summed E-state index contributed by atoms with van der Waals surface area (Å²) in [6, 6.07) is 10.7. The number of ether oxygens (including phenoxy) is 1. The van der Waals surface area contributed by atoms with Gasteiger partial charge in [0.05, 0.1) is 24.2 Å². The van der Waals surface area contributed by atoms with Crippen molar-refractivity contribution in [3.8, 4) is 22.8 Å². The van der Waals surface area contributed by atoms with Crippen molar-refractivity contribution in [3.63, 3.8) is 0 Å². The zero-order chi connectivity index (χ0) is 16.9. The van der Waals surface area contributed by atoms with Crippen LogP contribution in [0.1, 0.15) is 12.6 Å². The van der Waals surface area contributed by atoms with Crippen molar-refractivity contribution in [3.05, 3.63) is 53.7 Å². The Bertz CT molecular complexity index is 862. The number of nitrogens with zero attached hydrogens (tertiary/aromatic N) is 3. The number of aromatic nitrogens is 2. The van der Waals surface area contributed by atoms with Crippen LogP contribution in [0.2, 0.25) is 0 Å². The monoisotopic (exact) mass is 340 g/mol. The van der Waals surface area contributed by atoms with Crippen molar-refractivity contribution in [1.29, 1.82) is 0 Å². The van der Waals surface area contributed by atoms with Crippen molar-refractivity contribution in [2.45, 2.75) is 6.92 Å². The van der Waals surface area contributed by atoms with E-state index in [0.717, 1.165) is 11.4 Å². The molecular formula is C17H16N4O2S. The van der Waals surface area contributed by atoms with E-state index in [0.29, 0.717) is 22.1 Å². The number of rotatable bonds is 5. The van der Waals surface area contributed by atoms with Gasteiger partial charge in [-0.15, -0.1) is 11.3 Å². The molecule has 0 aliphatic heterocycles. The van der Waals surface area contributed by atoms with Gasteiger partial charge in [0.2, 0.25) is 5.13 Å². The number of hydrogen-bond acceptors (Lipinski definition) is 7. The van der Waals surface area contributed by atoms with Crippen LogP contribution in [0.5, 0.6) is 11.5 Å². The minimum Gasteiger partial charge on any atom is -0.507 e. The molecule has 1 aromatic carbocycles. The predicted octanol–water partition coefficient (Wildman–Crippen LogP) is 3.76. The molecule has 24 heavy (non-hydrogen) atoms. The number of thiazole rings is 1. The van der Waals surface area contributed by atoms with E-state index >= 15 is 0 Å². The standard InChI is InChI=1S/C17H16N4O2S/c1-11(14-5-3-4-8-18-14)20-21-17-19-15(10-24-17)13-9-12(23-2)6-7-16(13)22/h3-10,22H,1-2H3,(H,19,21)/b20-11+. The molecule has 7 heteroatoms. The zero-order valence-corrected chi connectivity index (χ0v) is 14.0. The molecule has 0 unspecified atom stereocenters. The van der Waals surface area contributed by atoms with Crippen LogP contribution in [0.3, 0.4) is 0 Å². The van der Waals surface area contributed by atoms with Gasteiger partial charge in [0.15, 0.2) is 0 Å². The van der Waals surface area contributed by atoms with Crippen molar-refractivity contribution < 1.29 is 9.84 Å². The molecule has 0 radical (unpaired) electrons. The second-order valence-corrected chi connectivity index (χ2v) is 5.80. The van der Waals surface area contributed by atoms with Gasteiger partial charge in [0, 0.05) is 17.1 Å². The number of aromatic hydroxyl groups is 1. The first kappa shape index (κ1) is 15.9. The third-order valence-corrected chi connectivity index (χ3v) is 4.09. The van der Waals surface area contributed by atoms with Crippen molar-refractivity contribution in [1.82, 2.24) is 9.97 Å². The maximum absolute atomic E-state index is 10.0. The van der Waals surface area contributed by atoms with E-state index in [2.05, 4.69) is 20.5 Å². The predicted molar refractivity (Wildman–Crippen MR) is 95.8 cm³/mol. The maximum atomic E-state index is 10.0. The molecule has 0 saturated carbocycles. The summed E-state index contributed by atoms with van der Waals surface area (Å²) in [5.41, 5.74) is 5.75. The van der Waals surface area contributed by atoms with E-state index in [4.69, 9.17) is 4.74 Å². The van der Waals surface area contributed by atoms with Crippen molar-refractivity contribution in [2.75, 3.05) is 12.5 Å². The van der Waals surface area contributed by atoms with Crippen LogP contribution in [-0.4, -0.2) is 27.9 Å². The summed E-state index contributed by atoms with van der Waals surface area (Å²) >= 11 is 1.40. The fourth-order valence-electron chi connectivity index (χ4n) is 2.06. The van der Waals surface area contributed by atoms with E-state index in [1.54, 1.807) is 31.5 Å². The molecule has 0 fully saturated rings. The Kier molecular flexibility index (Phi) is 4.72. The van der Waals surface area contributed by atoms with Crippen LogP contribution < -0.4 is 10.2 Å². The lowest BCUT2D eigenvalue weighted by Crippen LogP contribution is -2.01. The highest BCUT2D eigenvalue weighted by Crippen LogP contribution is 2.34. The first-order valence-corrected chi connectivity index (χ1v) is 8.10. The number of methoxy groups -OCH3 is 1. The van der Waals surface area contributed by atoms with Gasteiger partial charge in [-0.25, -0.2) is 4.98 Å². The highest BCUT2D eigenvalue weighted by molar-refractivity contribution is 7.14. The summed E-state index contributed by atoms with van der Waals surface area (Å²) in [5, 5.41) is 16.8. The largest absolute Gasteiger partial charge is 0.507 e. The molecule has 0 aliphatic carbocycles. The van der Waals surface area contributed by atoms with Crippen molar-refractivity contribution in [2.24, 2.45) is 5.10 Å². The van der Waals surface area contributed by atoms with E-state index in [1.165, 1.54) is 11.3 Å². The molecule has 2 aromatic heterocycles. The van der Waals surface area contributed by atoms with Crippen LogP contribution in [-0.2, 0) is 0 Å². The van der Waals surface area contributed by atoms with Crippen molar-refractivity contribution >= 4 is 22.2 Å². The van der Waals surface area contributed by atoms with E-state index in [-0.39, 0.29) is 5.75 Å². The molecule has 6 nitrogen and oxygen atoms in total. The summed E-state index contributed by atoms with van der Waals surface area (Å²) in [6.45, 7) is 1.87. The van der Waals surface area contributed by atoms with Gasteiger partial charge in [-0.3, -0.25) is 10.4 Å². The minimum absolute atomic E-state index is 0.154. The van der Waals surface area contributed by atoms with E-state index in [1.807, 2.05) is 30.5 Å². The second kappa shape index (κ2) is 7.10. The van der Waals surface area contributed by atoms with Crippen LogP contribution in [0.4, 0.5) is 5.13 Å². The average Bonchev–Trinajstić information content (AvgIpc) is 3.09. The molecule has 122 valence electrons. The van der Waals surface area contributed by atoms with Gasteiger partial charge in [-0.1, -0.05) is 6.07 Å². The third-order valence-electron chi connectivity index (χ3n) is 3.34. The summed E-state index contributed by atoms with van der Waals surface area (Å²) < 4.78 is 5.19. The average molecular weight is 340 g/mol. The van der Waals surface area contributed by atoms with Gasteiger partial charge >= 0.3 is 0 Å². The molecule has 0 amide bonds. The van der Waals surface area contributed by atoms with Gasteiger partial charge in [-0.2, -0.15) is 5.10 Å². The van der Waals surface area contributed by atoms with Crippen LogP contribution in [0.25, 0.3) is 11.3 Å². The van der Waals surface area contributed by atoms with Gasteiger partial charge in [0.1, 0.15) is 11.5 Å². The molecular weight excluding hydrogens is 324 g/mol. The molecule has 0 saturated heterocycles. The Morgan fingerprint density at radius 2 is 2.17 bits per heavy atom. The van der Waals surface area contributed by atoms with Gasteiger partial charge < -0.3 is 9.84 Å². The number of nitrogens with one attached hydrogen (secondary N) is 1. The Morgan fingerprint density at radius 1 is 1.29 bits per heavy atom.